The van der Waals surface area contributed by atoms with E-state index in [2.05, 4.69) is 65.0 Å². The zero-order valence-corrected chi connectivity index (χ0v) is 25.3. The van der Waals surface area contributed by atoms with Gasteiger partial charge in [0.2, 0.25) is 5.95 Å². The Kier molecular flexibility index (Phi) is 9.75. The van der Waals surface area contributed by atoms with Crippen LogP contribution in [0.1, 0.15) is 27.7 Å². The largest absolute Gasteiger partial charge is 0.373 e. The van der Waals surface area contributed by atoms with E-state index in [0.717, 1.165) is 72.0 Å². The van der Waals surface area contributed by atoms with Crippen LogP contribution in [0.4, 0.5) is 17.6 Å². The quantitative estimate of drug-likeness (QED) is 0.455. The van der Waals surface area contributed by atoms with Crippen molar-refractivity contribution in [3.63, 3.8) is 0 Å². The maximum atomic E-state index is 6.64. The van der Waals surface area contributed by atoms with Crippen molar-refractivity contribution in [3.8, 4) is 0 Å². The summed E-state index contributed by atoms with van der Waals surface area (Å²) in [7, 11) is 2.14. The molecule has 2 N–H and O–H groups in total. The van der Waals surface area contributed by atoms with Gasteiger partial charge in [-0.15, -0.1) is 0 Å². The monoisotopic (exact) mass is 576 g/mol. The minimum atomic E-state index is 0.234. The first-order valence-electron chi connectivity index (χ1n) is 14.7. The summed E-state index contributed by atoms with van der Waals surface area (Å²) in [5, 5.41) is 7.24. The van der Waals surface area contributed by atoms with E-state index in [1.165, 1.54) is 0 Å². The van der Waals surface area contributed by atoms with Crippen LogP contribution in [0.25, 0.3) is 11.2 Å². The van der Waals surface area contributed by atoms with Gasteiger partial charge < -0.3 is 29.9 Å². The molecule has 0 aliphatic carbocycles. The fourth-order valence-electron chi connectivity index (χ4n) is 5.90. The second kappa shape index (κ2) is 13.3. The number of halogens is 1. The molecule has 0 spiro atoms. The number of aromatic nitrogens is 4. The molecule has 3 aliphatic heterocycles. The van der Waals surface area contributed by atoms with Gasteiger partial charge >= 0.3 is 0 Å². The number of nitrogens with one attached hydrogen (secondary N) is 2. The van der Waals surface area contributed by atoms with Gasteiger partial charge in [0, 0.05) is 78.5 Å². The van der Waals surface area contributed by atoms with Crippen molar-refractivity contribution in [3.05, 3.63) is 5.15 Å². The van der Waals surface area contributed by atoms with E-state index in [4.69, 9.17) is 41.0 Å². The minimum Gasteiger partial charge on any atom is -0.373 e. The second-order valence-electron chi connectivity index (χ2n) is 11.6. The van der Waals surface area contributed by atoms with Crippen LogP contribution in [0, 0.1) is 0 Å². The van der Waals surface area contributed by atoms with Gasteiger partial charge in [0.05, 0.1) is 24.4 Å². The Bertz CT molecular complexity index is 1110. The Hall–Kier alpha value is -2.09. The lowest BCUT2D eigenvalue weighted by molar-refractivity contribution is -0.0669. The van der Waals surface area contributed by atoms with Gasteiger partial charge in [-0.2, -0.15) is 9.97 Å². The van der Waals surface area contributed by atoms with Crippen molar-refractivity contribution in [2.24, 2.45) is 0 Å². The number of ether oxygens (including phenoxy) is 2. The number of morpholine rings is 2. The van der Waals surface area contributed by atoms with Crippen molar-refractivity contribution in [1.29, 1.82) is 0 Å². The average Bonchev–Trinajstić information content (AvgIpc) is 2.88. The fourth-order valence-corrected chi connectivity index (χ4v) is 6.09. The number of likely N-dealkylation sites (N-methyl/N-ethyl adjacent to an activating group) is 1. The molecule has 0 amide bonds. The Morgan fingerprint density at radius 1 is 0.725 bits per heavy atom. The predicted molar refractivity (Wildman–Crippen MR) is 160 cm³/mol. The van der Waals surface area contributed by atoms with Gasteiger partial charge in [-0.05, 0) is 34.7 Å². The lowest BCUT2D eigenvalue weighted by Gasteiger charge is -2.35. The van der Waals surface area contributed by atoms with Crippen molar-refractivity contribution in [1.82, 2.24) is 34.6 Å². The van der Waals surface area contributed by atoms with Crippen LogP contribution in [0.15, 0.2) is 0 Å². The zero-order chi connectivity index (χ0) is 28.2. The number of fused-ring (bicyclic) bond motifs is 1. The predicted octanol–water partition coefficient (Wildman–Crippen LogP) is 1.87. The summed E-state index contributed by atoms with van der Waals surface area (Å²) < 4.78 is 11.7. The number of piperazine rings is 1. The fraction of sp³-hybridized carbons (Fsp3) is 0.778. The Morgan fingerprint density at radius 3 is 1.80 bits per heavy atom. The number of anilines is 3. The molecule has 4 atom stereocenters. The lowest BCUT2D eigenvalue weighted by Crippen LogP contribution is -2.47. The highest BCUT2D eigenvalue weighted by atomic mass is 35.5. The lowest BCUT2D eigenvalue weighted by atomic mass is 10.2. The molecule has 0 bridgehead atoms. The van der Waals surface area contributed by atoms with Crippen LogP contribution < -0.4 is 15.5 Å². The SMILES string of the molecule is C[C@@H]1CN(CCNc2nc3nc(N4CCN(C)CC4)nc(NCCN4C[C@@H](C)O[C@@H](C)C4)c3nc2Cl)C[C@H](C)O1. The molecule has 13 heteroatoms. The first-order valence-corrected chi connectivity index (χ1v) is 15.0. The van der Waals surface area contributed by atoms with E-state index in [9.17, 15) is 0 Å². The molecule has 0 saturated carbocycles. The van der Waals surface area contributed by atoms with E-state index in [0.29, 0.717) is 40.4 Å². The minimum absolute atomic E-state index is 0.234. The average molecular weight is 577 g/mol. The van der Waals surface area contributed by atoms with E-state index >= 15 is 0 Å². The maximum absolute atomic E-state index is 6.64. The highest BCUT2D eigenvalue weighted by Gasteiger charge is 2.24. The number of hydrogen-bond acceptors (Lipinski definition) is 12. The topological polar surface area (TPSA) is 107 Å². The third kappa shape index (κ3) is 7.59. The van der Waals surface area contributed by atoms with Gasteiger partial charge in [0.25, 0.3) is 0 Å². The molecule has 3 saturated heterocycles. The molecule has 2 aromatic rings. The van der Waals surface area contributed by atoms with Crippen LogP contribution >= 0.6 is 11.6 Å². The molecule has 40 heavy (non-hydrogen) atoms. The second-order valence-corrected chi connectivity index (χ2v) is 11.9. The Labute approximate surface area is 242 Å². The van der Waals surface area contributed by atoms with Crippen LogP contribution in [0.5, 0.6) is 0 Å². The van der Waals surface area contributed by atoms with E-state index in [1.54, 1.807) is 0 Å². The normalized spacial score (nSPS) is 27.3. The number of hydrogen-bond donors (Lipinski definition) is 2. The summed E-state index contributed by atoms with van der Waals surface area (Å²) in [6.07, 6.45) is 0.938. The van der Waals surface area contributed by atoms with Crippen LogP contribution in [0.3, 0.4) is 0 Å². The Balaban J connectivity index is 1.31. The third-order valence-electron chi connectivity index (χ3n) is 7.69. The molecular weight excluding hydrogens is 532 g/mol. The smallest absolute Gasteiger partial charge is 0.229 e. The number of rotatable bonds is 9. The highest BCUT2D eigenvalue weighted by molar-refractivity contribution is 6.32. The summed E-state index contributed by atoms with van der Waals surface area (Å²) >= 11 is 6.64. The molecule has 2 aromatic heterocycles. The third-order valence-corrected chi connectivity index (χ3v) is 7.96. The van der Waals surface area contributed by atoms with Crippen molar-refractivity contribution in [2.75, 3.05) is 101 Å². The van der Waals surface area contributed by atoms with Gasteiger partial charge in [-0.25, -0.2) is 9.97 Å². The molecule has 0 unspecified atom stereocenters. The Morgan fingerprint density at radius 2 is 1.25 bits per heavy atom. The summed E-state index contributed by atoms with van der Waals surface area (Å²) in [6, 6.07) is 0. The van der Waals surface area contributed by atoms with Gasteiger partial charge in [0.1, 0.15) is 0 Å². The molecule has 3 aliphatic rings. The van der Waals surface area contributed by atoms with Crippen molar-refractivity contribution in [2.45, 2.75) is 52.1 Å². The number of nitrogens with zero attached hydrogens (tertiary/aromatic N) is 8. The molecule has 222 valence electrons. The van der Waals surface area contributed by atoms with Crippen molar-refractivity contribution >= 4 is 40.3 Å². The molecule has 0 radical (unpaired) electrons. The molecule has 0 aromatic carbocycles. The van der Waals surface area contributed by atoms with Gasteiger partial charge in [-0.1, -0.05) is 11.6 Å². The highest BCUT2D eigenvalue weighted by Crippen LogP contribution is 2.27. The molecule has 5 rings (SSSR count). The standard InChI is InChI=1S/C27H45ClN10O2/c1-18-14-36(15-19(2)39-18)8-6-29-24-22-25(34-27(33-24)38-12-10-35(5)11-13-38)32-26(23(28)31-22)30-7-9-37-16-20(3)40-21(4)17-37/h18-21H,6-17H2,1-5H3,(H2,29,30,32,33,34)/t18-,19+,20-,21+. The van der Waals surface area contributed by atoms with E-state index in [1.807, 2.05) is 0 Å². The van der Waals surface area contributed by atoms with Crippen molar-refractivity contribution < 1.29 is 9.47 Å². The molecule has 5 heterocycles. The van der Waals surface area contributed by atoms with Crippen LogP contribution in [0.2, 0.25) is 5.15 Å². The summed E-state index contributed by atoms with van der Waals surface area (Å²) in [5.74, 6) is 1.90. The van der Waals surface area contributed by atoms with E-state index < -0.39 is 0 Å². The summed E-state index contributed by atoms with van der Waals surface area (Å²) in [4.78, 5) is 28.7. The first kappa shape index (κ1) is 29.4. The molecule has 12 nitrogen and oxygen atoms in total. The first-order chi connectivity index (χ1) is 19.2. The summed E-state index contributed by atoms with van der Waals surface area (Å²) in [6.45, 7) is 19.0. The van der Waals surface area contributed by atoms with Crippen LogP contribution in [-0.2, 0) is 9.47 Å². The maximum Gasteiger partial charge on any atom is 0.229 e. The molecular formula is C27H45ClN10O2. The van der Waals surface area contributed by atoms with Gasteiger partial charge in [0.15, 0.2) is 28.0 Å². The van der Waals surface area contributed by atoms with E-state index in [-0.39, 0.29) is 24.4 Å². The van der Waals surface area contributed by atoms with Crippen LogP contribution in [-0.4, -0.2) is 145 Å². The summed E-state index contributed by atoms with van der Waals surface area (Å²) in [5.41, 5.74) is 1.13. The van der Waals surface area contributed by atoms with Gasteiger partial charge in [-0.3, -0.25) is 9.80 Å². The molecule has 3 fully saturated rings. The zero-order valence-electron chi connectivity index (χ0n) is 24.6.